The Balaban J connectivity index is 1.81. The second-order valence-corrected chi connectivity index (χ2v) is 4.21. The summed E-state index contributed by atoms with van der Waals surface area (Å²) in [4.78, 5) is 3.92. The Morgan fingerprint density at radius 1 is 1.30 bits per heavy atom. The van der Waals surface area contributed by atoms with Gasteiger partial charge in [-0.2, -0.15) is 13.8 Å². The molecule has 2 aromatic rings. The molecule has 2 rings (SSSR count). The Morgan fingerprint density at radius 3 is 2.65 bits per heavy atom. The van der Waals surface area contributed by atoms with Crippen LogP contribution in [0.15, 0.2) is 35.1 Å². The number of hydrogen-bond acceptors (Lipinski definition) is 5. The van der Waals surface area contributed by atoms with Crippen molar-refractivity contribution in [1.29, 1.82) is 0 Å². The van der Waals surface area contributed by atoms with E-state index in [1.165, 1.54) is 18.5 Å². The molecule has 0 fully saturated rings. The van der Waals surface area contributed by atoms with Crippen molar-refractivity contribution < 1.29 is 18.0 Å². The van der Waals surface area contributed by atoms with E-state index in [0.717, 1.165) is 5.56 Å². The third-order valence-electron chi connectivity index (χ3n) is 2.80. The molecule has 0 spiro atoms. The fraction of sp³-hybridized carbons (Fsp3) is 0.385. The number of alkyl halides is 2. The van der Waals surface area contributed by atoms with Gasteiger partial charge >= 0.3 is 6.61 Å². The third-order valence-corrected chi connectivity index (χ3v) is 2.80. The van der Waals surface area contributed by atoms with Gasteiger partial charge in [-0.1, -0.05) is 17.3 Å². The molecule has 0 aliphatic carbocycles. The van der Waals surface area contributed by atoms with E-state index in [1.807, 2.05) is 6.92 Å². The van der Waals surface area contributed by atoms with E-state index in [1.54, 1.807) is 12.1 Å². The van der Waals surface area contributed by atoms with Gasteiger partial charge in [0.15, 0.2) is 6.33 Å². The van der Waals surface area contributed by atoms with Gasteiger partial charge in [0, 0.05) is 19.0 Å². The highest BCUT2D eigenvalue weighted by atomic mass is 19.3. The number of benzene rings is 1. The normalized spacial score (nSPS) is 12.6. The van der Waals surface area contributed by atoms with Crippen molar-refractivity contribution in [2.45, 2.75) is 26.0 Å². The van der Waals surface area contributed by atoms with E-state index in [9.17, 15) is 8.78 Å². The van der Waals surface area contributed by atoms with Crippen LogP contribution in [0, 0.1) is 0 Å². The van der Waals surface area contributed by atoms with Crippen LogP contribution in [0.3, 0.4) is 0 Å². The molecule has 108 valence electrons. The van der Waals surface area contributed by atoms with E-state index >= 15 is 0 Å². The van der Waals surface area contributed by atoms with Crippen molar-refractivity contribution in [3.05, 3.63) is 42.0 Å². The molecule has 0 amide bonds. The summed E-state index contributed by atoms with van der Waals surface area (Å²) in [6, 6.07) is 6.64. The maximum atomic E-state index is 12.0. The van der Waals surface area contributed by atoms with Crippen molar-refractivity contribution in [2.24, 2.45) is 0 Å². The second-order valence-electron chi connectivity index (χ2n) is 4.21. The van der Waals surface area contributed by atoms with Crippen LogP contribution in [0.5, 0.6) is 5.75 Å². The third kappa shape index (κ3) is 4.27. The van der Waals surface area contributed by atoms with Crippen molar-refractivity contribution >= 4 is 0 Å². The van der Waals surface area contributed by atoms with Crippen molar-refractivity contribution in [1.82, 2.24) is 15.5 Å². The van der Waals surface area contributed by atoms with Crippen LogP contribution in [0.4, 0.5) is 8.78 Å². The topological polar surface area (TPSA) is 60.2 Å². The second kappa shape index (κ2) is 6.95. The quantitative estimate of drug-likeness (QED) is 0.846. The van der Waals surface area contributed by atoms with E-state index in [0.29, 0.717) is 18.9 Å². The summed E-state index contributed by atoms with van der Waals surface area (Å²) >= 11 is 0. The minimum Gasteiger partial charge on any atom is -0.435 e. The minimum absolute atomic E-state index is 0.0820. The van der Waals surface area contributed by atoms with Gasteiger partial charge in [-0.05, 0) is 24.6 Å². The highest BCUT2D eigenvalue weighted by molar-refractivity contribution is 5.28. The molecule has 1 heterocycles. The molecule has 0 saturated carbocycles. The smallest absolute Gasteiger partial charge is 0.387 e. The Labute approximate surface area is 114 Å². The van der Waals surface area contributed by atoms with Gasteiger partial charge < -0.3 is 14.6 Å². The van der Waals surface area contributed by atoms with Crippen LogP contribution in [-0.2, 0) is 6.42 Å². The zero-order valence-electron chi connectivity index (χ0n) is 10.9. The van der Waals surface area contributed by atoms with Crippen LogP contribution in [-0.4, -0.2) is 23.3 Å². The molecule has 1 N–H and O–H groups in total. The van der Waals surface area contributed by atoms with Gasteiger partial charge in [0.05, 0.1) is 0 Å². The first-order valence-electron chi connectivity index (χ1n) is 6.19. The lowest BCUT2D eigenvalue weighted by molar-refractivity contribution is -0.0498. The van der Waals surface area contributed by atoms with Gasteiger partial charge in [0.1, 0.15) is 5.75 Å². The monoisotopic (exact) mass is 283 g/mol. The van der Waals surface area contributed by atoms with Gasteiger partial charge in [-0.3, -0.25) is 0 Å². The molecule has 0 aliphatic heterocycles. The number of ether oxygens (including phenoxy) is 1. The van der Waals surface area contributed by atoms with Crippen molar-refractivity contribution in [3.63, 3.8) is 0 Å². The lowest BCUT2D eigenvalue weighted by Crippen LogP contribution is -2.21. The Morgan fingerprint density at radius 2 is 2.05 bits per heavy atom. The number of rotatable bonds is 7. The molecule has 20 heavy (non-hydrogen) atoms. The highest BCUT2D eigenvalue weighted by Gasteiger charge is 2.08. The molecule has 0 radical (unpaired) electrons. The Hall–Kier alpha value is -2.02. The van der Waals surface area contributed by atoms with Crippen LogP contribution in [0.2, 0.25) is 0 Å². The molecule has 1 aromatic carbocycles. The van der Waals surface area contributed by atoms with Gasteiger partial charge in [-0.25, -0.2) is 0 Å². The first-order valence-corrected chi connectivity index (χ1v) is 6.19. The van der Waals surface area contributed by atoms with Crippen LogP contribution < -0.4 is 10.1 Å². The van der Waals surface area contributed by atoms with Gasteiger partial charge in [0.25, 0.3) is 0 Å². The molecule has 0 aliphatic rings. The van der Waals surface area contributed by atoms with E-state index < -0.39 is 6.61 Å². The SMILES string of the molecule is CC(NCCc1ncno1)c1ccc(OC(F)F)cc1. The minimum atomic E-state index is -2.80. The summed E-state index contributed by atoms with van der Waals surface area (Å²) in [5, 5.41) is 6.80. The molecule has 0 bridgehead atoms. The summed E-state index contributed by atoms with van der Waals surface area (Å²) in [5.74, 6) is 0.729. The summed E-state index contributed by atoms with van der Waals surface area (Å²) in [6.07, 6.45) is 2.00. The van der Waals surface area contributed by atoms with Crippen LogP contribution >= 0.6 is 0 Å². The summed E-state index contributed by atoms with van der Waals surface area (Å²) in [6.45, 7) is -0.138. The van der Waals surface area contributed by atoms with Crippen molar-refractivity contribution in [2.75, 3.05) is 6.54 Å². The van der Waals surface area contributed by atoms with Crippen LogP contribution in [0.1, 0.15) is 24.4 Å². The summed E-state index contributed by atoms with van der Waals surface area (Å²) < 4.78 is 33.2. The molecule has 5 nitrogen and oxygen atoms in total. The molecular formula is C13H15F2N3O2. The molecule has 1 atom stereocenters. The number of hydrogen-bond donors (Lipinski definition) is 1. The molecule has 7 heteroatoms. The molecular weight excluding hydrogens is 268 g/mol. The predicted octanol–water partition coefficient (Wildman–Crippen LogP) is 2.56. The fourth-order valence-corrected chi connectivity index (χ4v) is 1.76. The van der Waals surface area contributed by atoms with Crippen molar-refractivity contribution in [3.8, 4) is 5.75 Å². The summed E-state index contributed by atoms with van der Waals surface area (Å²) in [5.41, 5.74) is 0.983. The summed E-state index contributed by atoms with van der Waals surface area (Å²) in [7, 11) is 0. The average molecular weight is 283 g/mol. The lowest BCUT2D eigenvalue weighted by Gasteiger charge is -2.14. The molecule has 1 unspecified atom stereocenters. The van der Waals surface area contributed by atoms with Crippen LogP contribution in [0.25, 0.3) is 0 Å². The molecule has 1 aromatic heterocycles. The maximum absolute atomic E-state index is 12.0. The number of aromatic nitrogens is 2. The Bertz CT molecular complexity index is 503. The lowest BCUT2D eigenvalue weighted by atomic mass is 10.1. The standard InChI is InChI=1S/C13H15F2N3O2/c1-9(16-7-6-12-17-8-18-20-12)10-2-4-11(5-3-10)19-13(14)15/h2-5,8-9,13,16H,6-7H2,1H3. The van der Waals surface area contributed by atoms with Gasteiger partial charge in [0.2, 0.25) is 5.89 Å². The number of halogens is 2. The zero-order chi connectivity index (χ0) is 14.4. The Kier molecular flexibility index (Phi) is 5.00. The first-order chi connectivity index (χ1) is 9.65. The zero-order valence-corrected chi connectivity index (χ0v) is 10.9. The predicted molar refractivity (Wildman–Crippen MR) is 67.5 cm³/mol. The molecule has 0 saturated heterocycles. The van der Waals surface area contributed by atoms with E-state index in [2.05, 4.69) is 20.2 Å². The maximum Gasteiger partial charge on any atom is 0.387 e. The van der Waals surface area contributed by atoms with E-state index in [-0.39, 0.29) is 11.8 Å². The first kappa shape index (κ1) is 14.4. The highest BCUT2D eigenvalue weighted by Crippen LogP contribution is 2.19. The van der Waals surface area contributed by atoms with E-state index in [4.69, 9.17) is 4.52 Å². The number of nitrogens with one attached hydrogen (secondary N) is 1. The largest absolute Gasteiger partial charge is 0.435 e. The fourth-order valence-electron chi connectivity index (χ4n) is 1.76. The van der Waals surface area contributed by atoms with Gasteiger partial charge in [-0.15, -0.1) is 0 Å². The average Bonchev–Trinajstić information content (AvgIpc) is 2.92. The number of nitrogens with zero attached hydrogens (tertiary/aromatic N) is 2.